The molecule has 2 heteroatoms. The Bertz CT molecular complexity index is 1100. The van der Waals surface area contributed by atoms with Crippen LogP contribution in [-0.4, -0.2) is 6.71 Å². The third kappa shape index (κ3) is 3.79. The largest absolute Gasteiger partial charge is 0.398 e. The van der Waals surface area contributed by atoms with Gasteiger partial charge in [0, 0.05) is 5.69 Å². The van der Waals surface area contributed by atoms with Gasteiger partial charge in [0.05, 0.1) is 0 Å². The van der Waals surface area contributed by atoms with E-state index in [1.54, 1.807) is 0 Å². The molecular weight excluding hydrogens is 373 g/mol. The molecule has 2 aliphatic carbocycles. The summed E-state index contributed by atoms with van der Waals surface area (Å²) in [5.74, 6) is 1.75. The molecule has 3 atom stereocenters. The summed E-state index contributed by atoms with van der Waals surface area (Å²) in [7, 11) is 0. The predicted octanol–water partition coefficient (Wildman–Crippen LogP) is 7.30. The highest BCUT2D eigenvalue weighted by Gasteiger charge is 2.44. The fraction of sp³-hybridized carbons (Fsp3) is 0.448. The second-order valence-electron chi connectivity index (χ2n) is 10.7. The van der Waals surface area contributed by atoms with Crippen LogP contribution in [0.3, 0.4) is 0 Å². The quantitative estimate of drug-likeness (QED) is 0.355. The topological polar surface area (TPSA) is 26.0 Å². The van der Waals surface area contributed by atoms with E-state index in [1.165, 1.54) is 77.9 Å². The molecule has 160 valence electrons. The first-order chi connectivity index (χ1) is 15.0. The van der Waals surface area contributed by atoms with Crippen molar-refractivity contribution >= 4 is 28.6 Å². The van der Waals surface area contributed by atoms with E-state index in [0.29, 0.717) is 12.1 Å². The number of nitrogens with two attached hydrogens (primary N) is 1. The minimum Gasteiger partial charge on any atom is -0.398 e. The molecule has 2 N–H and O–H groups in total. The minimum absolute atomic E-state index is 0.297. The second kappa shape index (κ2) is 8.04. The van der Waals surface area contributed by atoms with E-state index in [0.717, 1.165) is 17.5 Å². The Balaban J connectivity index is 1.55. The molecule has 3 aromatic carbocycles. The molecule has 0 radical (unpaired) electrons. The number of benzene rings is 3. The van der Waals surface area contributed by atoms with Crippen LogP contribution in [0, 0.1) is 11.8 Å². The second-order valence-corrected chi connectivity index (χ2v) is 10.7. The molecule has 0 spiro atoms. The number of nitrogen functional groups attached to an aromatic ring is 1. The van der Waals surface area contributed by atoms with E-state index >= 15 is 0 Å². The molecular formula is C29H36BN. The van der Waals surface area contributed by atoms with Gasteiger partial charge in [-0.3, -0.25) is 0 Å². The molecule has 0 saturated heterocycles. The van der Waals surface area contributed by atoms with Crippen LogP contribution in [-0.2, 0) is 5.41 Å². The third-order valence-electron chi connectivity index (χ3n) is 8.36. The Morgan fingerprint density at radius 3 is 2.48 bits per heavy atom. The van der Waals surface area contributed by atoms with Crippen molar-refractivity contribution in [3.63, 3.8) is 0 Å². The first-order valence-corrected chi connectivity index (χ1v) is 12.4. The monoisotopic (exact) mass is 409 g/mol. The van der Waals surface area contributed by atoms with E-state index in [2.05, 4.69) is 75.2 Å². The Kier molecular flexibility index (Phi) is 5.36. The molecule has 3 unspecified atom stereocenters. The molecule has 3 aromatic rings. The summed E-state index contributed by atoms with van der Waals surface area (Å²) >= 11 is 0. The van der Waals surface area contributed by atoms with Crippen molar-refractivity contribution in [1.82, 2.24) is 0 Å². The molecule has 2 saturated carbocycles. The number of rotatable bonds is 4. The first-order valence-electron chi connectivity index (χ1n) is 12.4. The highest BCUT2D eigenvalue weighted by atomic mass is 14.6. The van der Waals surface area contributed by atoms with Crippen LogP contribution in [0.5, 0.6) is 0 Å². The zero-order chi connectivity index (χ0) is 21.6. The summed E-state index contributed by atoms with van der Waals surface area (Å²) in [4.78, 5) is 0. The number of anilines is 1. The van der Waals surface area contributed by atoms with Crippen molar-refractivity contribution in [2.45, 2.75) is 70.9 Å². The highest BCUT2D eigenvalue weighted by molar-refractivity contribution is 6.70. The van der Waals surface area contributed by atoms with Gasteiger partial charge >= 0.3 is 0 Å². The standard InChI is InChI=1S/C29H36BN/c1-4-20-14-21-6-5-13-29(18-20,19-21)27-17-25(10-12-28(27)31)22-7-8-24-16-26(30(2)3)11-9-23(24)15-22/h7-12,15-17,20-21H,4-6,13-14,18-19,31H2,1-3H3. The maximum Gasteiger partial charge on any atom is 0.169 e. The zero-order valence-electron chi connectivity index (χ0n) is 19.5. The van der Waals surface area contributed by atoms with Gasteiger partial charge in [0.25, 0.3) is 0 Å². The fourth-order valence-electron chi connectivity index (χ4n) is 6.64. The third-order valence-corrected chi connectivity index (χ3v) is 8.36. The Labute approximate surface area is 188 Å². The molecule has 2 aliphatic rings. The first kappa shape index (κ1) is 20.7. The van der Waals surface area contributed by atoms with Crippen molar-refractivity contribution in [3.8, 4) is 11.1 Å². The van der Waals surface area contributed by atoms with E-state index < -0.39 is 0 Å². The number of fused-ring (bicyclic) bond motifs is 3. The van der Waals surface area contributed by atoms with Gasteiger partial charge in [0.2, 0.25) is 0 Å². The van der Waals surface area contributed by atoms with Gasteiger partial charge in [0.15, 0.2) is 6.71 Å². The van der Waals surface area contributed by atoms with Gasteiger partial charge in [-0.1, -0.05) is 81.7 Å². The van der Waals surface area contributed by atoms with Crippen LogP contribution in [0.4, 0.5) is 5.69 Å². The van der Waals surface area contributed by atoms with Gasteiger partial charge in [-0.25, -0.2) is 0 Å². The lowest BCUT2D eigenvalue weighted by Crippen LogP contribution is -2.40. The van der Waals surface area contributed by atoms with Crippen molar-refractivity contribution in [3.05, 3.63) is 60.2 Å². The average molecular weight is 409 g/mol. The van der Waals surface area contributed by atoms with Crippen LogP contribution < -0.4 is 11.2 Å². The maximum atomic E-state index is 6.65. The molecule has 2 fully saturated rings. The lowest BCUT2D eigenvalue weighted by molar-refractivity contribution is 0.101. The van der Waals surface area contributed by atoms with E-state index in [9.17, 15) is 0 Å². The van der Waals surface area contributed by atoms with Crippen LogP contribution in [0.2, 0.25) is 13.6 Å². The lowest BCUT2D eigenvalue weighted by atomic mass is 9.49. The molecule has 2 bridgehead atoms. The molecule has 1 nitrogen and oxygen atoms in total. The molecule has 31 heavy (non-hydrogen) atoms. The Morgan fingerprint density at radius 2 is 1.68 bits per heavy atom. The summed E-state index contributed by atoms with van der Waals surface area (Å²) in [6, 6.07) is 20.7. The van der Waals surface area contributed by atoms with E-state index in [-0.39, 0.29) is 0 Å². The van der Waals surface area contributed by atoms with Crippen LogP contribution in [0.25, 0.3) is 21.9 Å². The van der Waals surface area contributed by atoms with Gasteiger partial charge in [-0.15, -0.1) is 0 Å². The van der Waals surface area contributed by atoms with Crippen LogP contribution >= 0.6 is 0 Å². The summed E-state index contributed by atoms with van der Waals surface area (Å²) < 4.78 is 0. The normalized spacial score (nSPS) is 25.5. The summed E-state index contributed by atoms with van der Waals surface area (Å²) in [6.45, 7) is 7.45. The average Bonchev–Trinajstić information content (AvgIpc) is 2.78. The maximum absolute atomic E-state index is 6.65. The molecule has 5 rings (SSSR count). The van der Waals surface area contributed by atoms with Crippen molar-refractivity contribution in [2.24, 2.45) is 11.8 Å². The summed E-state index contributed by atoms with van der Waals surface area (Å²) in [5.41, 5.74) is 13.4. The summed E-state index contributed by atoms with van der Waals surface area (Å²) in [5, 5.41) is 2.65. The molecule has 0 amide bonds. The van der Waals surface area contributed by atoms with Gasteiger partial charge < -0.3 is 5.73 Å². The van der Waals surface area contributed by atoms with Crippen molar-refractivity contribution in [2.75, 3.05) is 5.73 Å². The molecule has 0 heterocycles. The fourth-order valence-corrected chi connectivity index (χ4v) is 6.64. The SMILES string of the molecule is CCC1CC2CCCC(c3cc(-c4ccc5cc(B(C)C)ccc5c4)ccc3N)(C1)C2. The Hall–Kier alpha value is -2.22. The number of hydrogen-bond donors (Lipinski definition) is 1. The number of hydrogen-bond acceptors (Lipinski definition) is 1. The van der Waals surface area contributed by atoms with Crippen LogP contribution in [0.15, 0.2) is 54.6 Å². The van der Waals surface area contributed by atoms with Gasteiger partial charge in [0.1, 0.15) is 0 Å². The van der Waals surface area contributed by atoms with Crippen molar-refractivity contribution in [1.29, 1.82) is 0 Å². The van der Waals surface area contributed by atoms with Gasteiger partial charge in [-0.2, -0.15) is 0 Å². The zero-order valence-corrected chi connectivity index (χ0v) is 19.5. The minimum atomic E-state index is 0.297. The van der Waals surface area contributed by atoms with Crippen LogP contribution in [0.1, 0.15) is 57.4 Å². The van der Waals surface area contributed by atoms with E-state index in [1.807, 2.05) is 0 Å². The van der Waals surface area contributed by atoms with Gasteiger partial charge in [-0.05, 0) is 88.6 Å². The van der Waals surface area contributed by atoms with E-state index in [4.69, 9.17) is 5.73 Å². The Morgan fingerprint density at radius 1 is 0.935 bits per heavy atom. The highest BCUT2D eigenvalue weighted by Crippen LogP contribution is 2.54. The lowest BCUT2D eigenvalue weighted by Gasteiger charge is -2.49. The summed E-state index contributed by atoms with van der Waals surface area (Å²) in [6.07, 6.45) is 9.49. The predicted molar refractivity (Wildman–Crippen MR) is 138 cm³/mol. The van der Waals surface area contributed by atoms with Crippen molar-refractivity contribution < 1.29 is 0 Å². The molecule has 0 aromatic heterocycles. The molecule has 0 aliphatic heterocycles. The smallest absolute Gasteiger partial charge is 0.169 e.